The molecule has 0 radical (unpaired) electrons. The second-order valence-corrected chi connectivity index (χ2v) is 6.94. The molecular formula is C21H24N2O4. The standard InChI is InChI=1S/C21H24N2O4/c1-25-16-5-7-20-21(10-16)27-17(12-26-20)8-14(22)3-2-13-11-23-19-6-4-15(24)9-18(13)19/h4-7,9-11,14,17,23-24H,2-3,8,12,22H2,1H3. The lowest BCUT2D eigenvalue weighted by molar-refractivity contribution is 0.0788. The summed E-state index contributed by atoms with van der Waals surface area (Å²) in [5, 5.41) is 10.7. The van der Waals surface area contributed by atoms with Crippen molar-refractivity contribution < 1.29 is 19.3 Å². The van der Waals surface area contributed by atoms with E-state index in [0.717, 1.165) is 40.8 Å². The number of aromatic hydroxyl groups is 1. The largest absolute Gasteiger partial charge is 0.508 e. The monoisotopic (exact) mass is 368 g/mol. The third-order valence-electron chi connectivity index (χ3n) is 4.97. The average Bonchev–Trinajstić information content (AvgIpc) is 3.07. The molecule has 1 aromatic heterocycles. The summed E-state index contributed by atoms with van der Waals surface area (Å²) in [6, 6.07) is 10.9. The van der Waals surface area contributed by atoms with Gasteiger partial charge in [-0.15, -0.1) is 0 Å². The normalized spacial score (nSPS) is 17.0. The summed E-state index contributed by atoms with van der Waals surface area (Å²) in [6.45, 7) is 0.494. The van der Waals surface area contributed by atoms with Crippen molar-refractivity contribution in [2.75, 3.05) is 13.7 Å². The SMILES string of the molecule is COc1ccc2c(c1)OC(CC(N)CCc1c[nH]c3ccc(O)cc13)CO2. The molecule has 0 saturated carbocycles. The molecule has 27 heavy (non-hydrogen) atoms. The summed E-state index contributed by atoms with van der Waals surface area (Å²) >= 11 is 0. The summed E-state index contributed by atoms with van der Waals surface area (Å²) in [5.41, 5.74) is 8.53. The van der Waals surface area contributed by atoms with Crippen molar-refractivity contribution in [1.29, 1.82) is 0 Å². The molecule has 3 aromatic rings. The first-order chi connectivity index (χ1) is 13.1. The molecule has 0 fully saturated rings. The van der Waals surface area contributed by atoms with Crippen LogP contribution in [0.3, 0.4) is 0 Å². The Labute approximate surface area is 157 Å². The molecule has 4 rings (SSSR count). The number of phenolic OH excluding ortho intramolecular Hbond substituents is 1. The molecule has 142 valence electrons. The molecule has 2 heterocycles. The van der Waals surface area contributed by atoms with Crippen LogP contribution in [0.25, 0.3) is 10.9 Å². The molecule has 0 aliphatic carbocycles. The van der Waals surface area contributed by atoms with Gasteiger partial charge in [-0.2, -0.15) is 0 Å². The molecule has 1 aliphatic heterocycles. The van der Waals surface area contributed by atoms with Crippen LogP contribution in [-0.4, -0.2) is 36.0 Å². The number of hydrogen-bond acceptors (Lipinski definition) is 5. The Bertz CT molecular complexity index is 937. The van der Waals surface area contributed by atoms with E-state index in [2.05, 4.69) is 4.98 Å². The van der Waals surface area contributed by atoms with Gasteiger partial charge in [-0.25, -0.2) is 0 Å². The topological polar surface area (TPSA) is 89.7 Å². The molecule has 2 unspecified atom stereocenters. The van der Waals surface area contributed by atoms with E-state index in [9.17, 15) is 5.11 Å². The Kier molecular flexibility index (Phi) is 4.81. The number of hydrogen-bond donors (Lipinski definition) is 3. The zero-order valence-corrected chi connectivity index (χ0v) is 15.3. The summed E-state index contributed by atoms with van der Waals surface area (Å²) in [6.07, 6.45) is 4.28. The predicted octanol–water partition coefficient (Wildman–Crippen LogP) is 3.37. The van der Waals surface area contributed by atoms with Gasteiger partial charge in [0.15, 0.2) is 11.5 Å². The van der Waals surface area contributed by atoms with Crippen LogP contribution in [0, 0.1) is 0 Å². The fraction of sp³-hybridized carbons (Fsp3) is 0.333. The number of rotatable bonds is 6. The number of aryl methyl sites for hydroxylation is 1. The smallest absolute Gasteiger partial charge is 0.165 e. The molecule has 0 spiro atoms. The molecular weight excluding hydrogens is 344 g/mol. The first-order valence-electron chi connectivity index (χ1n) is 9.14. The van der Waals surface area contributed by atoms with E-state index in [1.54, 1.807) is 19.2 Å². The van der Waals surface area contributed by atoms with E-state index < -0.39 is 0 Å². The highest BCUT2D eigenvalue weighted by Crippen LogP contribution is 2.35. The Morgan fingerprint density at radius 2 is 2.15 bits per heavy atom. The Morgan fingerprint density at radius 3 is 3.00 bits per heavy atom. The zero-order chi connectivity index (χ0) is 18.8. The van der Waals surface area contributed by atoms with E-state index in [0.29, 0.717) is 18.8 Å². The fourth-order valence-electron chi connectivity index (χ4n) is 3.51. The molecule has 4 N–H and O–H groups in total. The second-order valence-electron chi connectivity index (χ2n) is 6.94. The van der Waals surface area contributed by atoms with Crippen LogP contribution < -0.4 is 19.9 Å². The van der Waals surface area contributed by atoms with Crippen LogP contribution in [0.15, 0.2) is 42.6 Å². The van der Waals surface area contributed by atoms with E-state index in [1.165, 1.54) is 0 Å². The first kappa shape index (κ1) is 17.5. The van der Waals surface area contributed by atoms with Crippen LogP contribution in [0.4, 0.5) is 0 Å². The molecule has 0 bridgehead atoms. The first-order valence-corrected chi connectivity index (χ1v) is 9.14. The van der Waals surface area contributed by atoms with Gasteiger partial charge in [-0.1, -0.05) is 0 Å². The maximum Gasteiger partial charge on any atom is 0.165 e. The molecule has 2 atom stereocenters. The minimum atomic E-state index is -0.0772. The van der Waals surface area contributed by atoms with Crippen molar-refractivity contribution >= 4 is 10.9 Å². The molecule has 0 amide bonds. The van der Waals surface area contributed by atoms with Gasteiger partial charge in [0.05, 0.1) is 7.11 Å². The van der Waals surface area contributed by atoms with Crippen LogP contribution in [-0.2, 0) is 6.42 Å². The van der Waals surface area contributed by atoms with E-state index in [-0.39, 0.29) is 17.9 Å². The van der Waals surface area contributed by atoms with Crippen molar-refractivity contribution in [2.45, 2.75) is 31.4 Å². The van der Waals surface area contributed by atoms with E-state index >= 15 is 0 Å². The quantitative estimate of drug-likeness (QED) is 0.621. The third kappa shape index (κ3) is 3.80. The number of nitrogens with two attached hydrogens (primary N) is 1. The van der Waals surface area contributed by atoms with Gasteiger partial charge in [0, 0.05) is 35.6 Å². The number of aromatic amines is 1. The summed E-state index contributed by atoms with van der Waals surface area (Å²) in [7, 11) is 1.63. The zero-order valence-electron chi connectivity index (χ0n) is 15.3. The molecule has 0 saturated heterocycles. The average molecular weight is 368 g/mol. The second kappa shape index (κ2) is 7.40. The van der Waals surface area contributed by atoms with E-state index in [1.807, 2.05) is 30.5 Å². The van der Waals surface area contributed by atoms with Gasteiger partial charge in [0.2, 0.25) is 0 Å². The maximum absolute atomic E-state index is 9.71. The fourth-order valence-corrected chi connectivity index (χ4v) is 3.51. The lowest BCUT2D eigenvalue weighted by Crippen LogP contribution is -2.36. The lowest BCUT2D eigenvalue weighted by Gasteiger charge is -2.28. The van der Waals surface area contributed by atoms with Gasteiger partial charge in [-0.05, 0) is 48.7 Å². The third-order valence-corrected chi connectivity index (χ3v) is 4.97. The summed E-state index contributed by atoms with van der Waals surface area (Å²) in [5.74, 6) is 2.45. The molecule has 1 aliphatic rings. The predicted molar refractivity (Wildman–Crippen MR) is 104 cm³/mol. The molecule has 6 heteroatoms. The van der Waals surface area contributed by atoms with Gasteiger partial charge < -0.3 is 30.0 Å². The van der Waals surface area contributed by atoms with Gasteiger partial charge in [-0.3, -0.25) is 0 Å². The molecule has 2 aromatic carbocycles. The van der Waals surface area contributed by atoms with Gasteiger partial charge in [0.1, 0.15) is 24.2 Å². The number of nitrogens with one attached hydrogen (secondary N) is 1. The number of phenols is 1. The summed E-state index contributed by atoms with van der Waals surface area (Å²) in [4.78, 5) is 3.23. The minimum absolute atomic E-state index is 0.00647. The van der Waals surface area contributed by atoms with Gasteiger partial charge >= 0.3 is 0 Å². The highest BCUT2D eigenvalue weighted by Gasteiger charge is 2.23. The van der Waals surface area contributed by atoms with Gasteiger partial charge in [0.25, 0.3) is 0 Å². The number of H-pyrrole nitrogens is 1. The highest BCUT2D eigenvalue weighted by molar-refractivity contribution is 5.84. The van der Waals surface area contributed by atoms with Crippen molar-refractivity contribution in [1.82, 2.24) is 4.98 Å². The van der Waals surface area contributed by atoms with Crippen molar-refractivity contribution in [3.63, 3.8) is 0 Å². The number of benzene rings is 2. The van der Waals surface area contributed by atoms with Crippen molar-refractivity contribution in [3.8, 4) is 23.0 Å². The number of ether oxygens (including phenoxy) is 3. The van der Waals surface area contributed by atoms with Crippen molar-refractivity contribution in [2.24, 2.45) is 5.73 Å². The van der Waals surface area contributed by atoms with Crippen LogP contribution >= 0.6 is 0 Å². The Morgan fingerprint density at radius 1 is 1.26 bits per heavy atom. The highest BCUT2D eigenvalue weighted by atomic mass is 16.6. The number of methoxy groups -OCH3 is 1. The number of aromatic nitrogens is 1. The Hall–Kier alpha value is -2.86. The summed E-state index contributed by atoms with van der Waals surface area (Å²) < 4.78 is 17.1. The number of fused-ring (bicyclic) bond motifs is 2. The van der Waals surface area contributed by atoms with E-state index in [4.69, 9.17) is 19.9 Å². The lowest BCUT2D eigenvalue weighted by atomic mass is 10.0. The molecule has 6 nitrogen and oxygen atoms in total. The van der Waals surface area contributed by atoms with Crippen LogP contribution in [0.5, 0.6) is 23.0 Å². The minimum Gasteiger partial charge on any atom is -0.508 e. The van der Waals surface area contributed by atoms with Crippen LogP contribution in [0.1, 0.15) is 18.4 Å². The maximum atomic E-state index is 9.71. The van der Waals surface area contributed by atoms with Crippen molar-refractivity contribution in [3.05, 3.63) is 48.2 Å². The van der Waals surface area contributed by atoms with Crippen LogP contribution in [0.2, 0.25) is 0 Å². The Balaban J connectivity index is 1.35.